The molecule has 1 saturated heterocycles. The molecule has 2 heterocycles. The largest absolute Gasteiger partial charge is 0.497 e. The fraction of sp³-hybridized carbons (Fsp3) is 0.333. The summed E-state index contributed by atoms with van der Waals surface area (Å²) in [6.07, 6.45) is 0.492. The Morgan fingerprint density at radius 2 is 1.87 bits per heavy atom. The van der Waals surface area contributed by atoms with Gasteiger partial charge in [-0.05, 0) is 44.0 Å². The standard InChI is InChI=1S/C24H27N3O4/c1-15-5-7-17(8-6-15)24(29)11-12-27(14-24)23(28)22-16(2)21(25-26-22)19-13-18(30-3)9-10-20(19)31-4/h5-10,13,29H,11-12,14H2,1-4H3,(H,25,26). The van der Waals surface area contributed by atoms with Gasteiger partial charge in [0.25, 0.3) is 5.91 Å². The van der Waals surface area contributed by atoms with Crippen molar-refractivity contribution in [3.63, 3.8) is 0 Å². The van der Waals surface area contributed by atoms with Crippen LogP contribution in [0.1, 0.15) is 33.6 Å². The Morgan fingerprint density at radius 3 is 2.55 bits per heavy atom. The molecule has 2 N–H and O–H groups in total. The van der Waals surface area contributed by atoms with Crippen molar-refractivity contribution in [2.75, 3.05) is 27.3 Å². The molecule has 1 fully saturated rings. The summed E-state index contributed by atoms with van der Waals surface area (Å²) in [6.45, 7) is 4.58. The van der Waals surface area contributed by atoms with Crippen LogP contribution in [0, 0.1) is 13.8 Å². The number of ether oxygens (including phenoxy) is 2. The van der Waals surface area contributed by atoms with Crippen molar-refractivity contribution < 1.29 is 19.4 Å². The minimum Gasteiger partial charge on any atom is -0.497 e. The fourth-order valence-electron chi connectivity index (χ4n) is 4.09. The van der Waals surface area contributed by atoms with Crippen LogP contribution >= 0.6 is 0 Å². The summed E-state index contributed by atoms with van der Waals surface area (Å²) < 4.78 is 10.8. The highest BCUT2D eigenvalue weighted by molar-refractivity contribution is 5.96. The highest BCUT2D eigenvalue weighted by atomic mass is 16.5. The number of nitrogens with zero attached hydrogens (tertiary/aromatic N) is 2. The highest BCUT2D eigenvalue weighted by Crippen LogP contribution is 2.36. The van der Waals surface area contributed by atoms with Crippen LogP contribution < -0.4 is 9.47 Å². The van der Waals surface area contributed by atoms with Crippen molar-refractivity contribution in [2.24, 2.45) is 0 Å². The minimum atomic E-state index is -1.05. The molecule has 1 unspecified atom stereocenters. The average molecular weight is 421 g/mol. The number of amides is 1. The molecule has 1 aliphatic heterocycles. The van der Waals surface area contributed by atoms with Gasteiger partial charge in [-0.15, -0.1) is 0 Å². The van der Waals surface area contributed by atoms with Gasteiger partial charge < -0.3 is 19.5 Å². The average Bonchev–Trinajstić information content (AvgIpc) is 3.37. The van der Waals surface area contributed by atoms with Crippen LogP contribution in [0.15, 0.2) is 42.5 Å². The van der Waals surface area contributed by atoms with Crippen molar-refractivity contribution in [1.29, 1.82) is 0 Å². The van der Waals surface area contributed by atoms with E-state index in [1.54, 1.807) is 19.1 Å². The lowest BCUT2D eigenvalue weighted by atomic mass is 9.92. The molecule has 1 aliphatic rings. The smallest absolute Gasteiger partial charge is 0.272 e. The molecule has 0 saturated carbocycles. The molecule has 162 valence electrons. The number of aromatic amines is 1. The molecule has 0 radical (unpaired) electrons. The Bertz CT molecular complexity index is 1110. The number of H-pyrrole nitrogens is 1. The van der Waals surface area contributed by atoms with Crippen LogP contribution in [-0.4, -0.2) is 53.4 Å². The van der Waals surface area contributed by atoms with Crippen molar-refractivity contribution in [2.45, 2.75) is 25.9 Å². The quantitative estimate of drug-likeness (QED) is 0.659. The molecule has 1 atom stereocenters. The van der Waals surface area contributed by atoms with Gasteiger partial charge in [-0.1, -0.05) is 29.8 Å². The number of aromatic nitrogens is 2. The van der Waals surface area contributed by atoms with E-state index in [-0.39, 0.29) is 12.5 Å². The lowest BCUT2D eigenvalue weighted by Gasteiger charge is -2.24. The van der Waals surface area contributed by atoms with Crippen molar-refractivity contribution in [3.05, 3.63) is 64.8 Å². The zero-order valence-corrected chi connectivity index (χ0v) is 18.2. The number of β-amino-alcohol motifs (C(OH)–C–C–N with tert-alkyl or cyclic N) is 1. The van der Waals surface area contributed by atoms with E-state index in [2.05, 4.69) is 10.2 Å². The lowest BCUT2D eigenvalue weighted by Crippen LogP contribution is -2.34. The number of benzene rings is 2. The fourth-order valence-corrected chi connectivity index (χ4v) is 4.09. The summed E-state index contributed by atoms with van der Waals surface area (Å²) in [5, 5.41) is 18.4. The second-order valence-electron chi connectivity index (χ2n) is 8.01. The molecule has 0 aliphatic carbocycles. The Labute approximate surface area is 181 Å². The predicted molar refractivity (Wildman–Crippen MR) is 117 cm³/mol. The zero-order valence-electron chi connectivity index (χ0n) is 18.2. The van der Waals surface area contributed by atoms with Crippen molar-refractivity contribution in [3.8, 4) is 22.8 Å². The van der Waals surface area contributed by atoms with Crippen LogP contribution in [0.5, 0.6) is 11.5 Å². The van der Waals surface area contributed by atoms with Gasteiger partial charge in [0.05, 0.1) is 26.5 Å². The number of carbonyl (C=O) groups excluding carboxylic acids is 1. The molecular formula is C24H27N3O4. The third-order valence-corrected chi connectivity index (χ3v) is 6.01. The number of aryl methyl sites for hydroxylation is 1. The minimum absolute atomic E-state index is 0.179. The molecule has 4 rings (SSSR count). The number of carbonyl (C=O) groups is 1. The summed E-state index contributed by atoms with van der Waals surface area (Å²) in [6, 6.07) is 13.3. The number of hydrogen-bond acceptors (Lipinski definition) is 5. The summed E-state index contributed by atoms with van der Waals surface area (Å²) in [5.41, 5.74) is 3.42. The van der Waals surface area contributed by atoms with Gasteiger partial charge in [0.15, 0.2) is 0 Å². The van der Waals surface area contributed by atoms with Crippen LogP contribution in [0.2, 0.25) is 0 Å². The Morgan fingerprint density at radius 1 is 1.13 bits per heavy atom. The predicted octanol–water partition coefficient (Wildman–Crippen LogP) is 3.44. The molecule has 7 nitrogen and oxygen atoms in total. The number of likely N-dealkylation sites (tertiary alicyclic amines) is 1. The maximum Gasteiger partial charge on any atom is 0.272 e. The van der Waals surface area contributed by atoms with Gasteiger partial charge in [0, 0.05) is 17.7 Å². The second kappa shape index (κ2) is 8.07. The molecule has 0 spiro atoms. The molecule has 3 aromatic rings. The topological polar surface area (TPSA) is 87.7 Å². The van der Waals surface area contributed by atoms with E-state index in [1.165, 1.54) is 0 Å². The monoisotopic (exact) mass is 421 g/mol. The zero-order chi connectivity index (χ0) is 22.2. The van der Waals surface area contributed by atoms with Gasteiger partial charge in [0.2, 0.25) is 0 Å². The first-order chi connectivity index (χ1) is 14.9. The number of methoxy groups -OCH3 is 2. The first kappa shape index (κ1) is 20.9. The molecule has 1 aromatic heterocycles. The number of rotatable bonds is 5. The third-order valence-electron chi connectivity index (χ3n) is 6.01. The number of aliphatic hydroxyl groups is 1. The van der Waals surface area contributed by atoms with Crippen LogP contribution in [0.25, 0.3) is 11.3 Å². The van der Waals surface area contributed by atoms with Crippen LogP contribution in [-0.2, 0) is 5.60 Å². The van der Waals surface area contributed by atoms with E-state index in [1.807, 2.05) is 56.3 Å². The van der Waals surface area contributed by atoms with Gasteiger partial charge in [-0.25, -0.2) is 0 Å². The van der Waals surface area contributed by atoms with Gasteiger partial charge in [-0.2, -0.15) is 5.10 Å². The summed E-state index contributed by atoms with van der Waals surface area (Å²) in [7, 11) is 3.19. The third kappa shape index (κ3) is 3.77. The molecule has 2 aromatic carbocycles. The summed E-state index contributed by atoms with van der Waals surface area (Å²) in [5.74, 6) is 1.14. The van der Waals surface area contributed by atoms with Gasteiger partial charge in [0.1, 0.15) is 22.8 Å². The SMILES string of the molecule is COc1ccc(OC)c(-c2n[nH]c(C(=O)N3CCC(O)(c4ccc(C)cc4)C3)c2C)c1. The molecule has 7 heteroatoms. The molecule has 31 heavy (non-hydrogen) atoms. The number of hydrogen-bond donors (Lipinski definition) is 2. The van der Waals surface area contributed by atoms with E-state index < -0.39 is 5.60 Å². The second-order valence-corrected chi connectivity index (χ2v) is 8.01. The lowest BCUT2D eigenvalue weighted by molar-refractivity contribution is 0.0415. The van der Waals surface area contributed by atoms with Crippen molar-refractivity contribution in [1.82, 2.24) is 15.1 Å². The van der Waals surface area contributed by atoms with E-state index in [9.17, 15) is 9.90 Å². The molecular weight excluding hydrogens is 394 g/mol. The Kier molecular flexibility index (Phi) is 5.45. The Balaban J connectivity index is 1.60. The highest BCUT2D eigenvalue weighted by Gasteiger charge is 2.40. The van der Waals surface area contributed by atoms with E-state index >= 15 is 0 Å². The van der Waals surface area contributed by atoms with Crippen LogP contribution in [0.3, 0.4) is 0 Å². The number of nitrogens with one attached hydrogen (secondary N) is 1. The first-order valence-corrected chi connectivity index (χ1v) is 10.2. The summed E-state index contributed by atoms with van der Waals surface area (Å²) >= 11 is 0. The van der Waals surface area contributed by atoms with Crippen LogP contribution in [0.4, 0.5) is 0 Å². The van der Waals surface area contributed by atoms with E-state index in [4.69, 9.17) is 9.47 Å². The maximum absolute atomic E-state index is 13.3. The summed E-state index contributed by atoms with van der Waals surface area (Å²) in [4.78, 5) is 14.9. The van der Waals surface area contributed by atoms with Gasteiger partial charge >= 0.3 is 0 Å². The Hall–Kier alpha value is -3.32. The maximum atomic E-state index is 13.3. The van der Waals surface area contributed by atoms with Gasteiger partial charge in [-0.3, -0.25) is 9.89 Å². The normalized spacial score (nSPS) is 18.3. The van der Waals surface area contributed by atoms with E-state index in [0.29, 0.717) is 35.9 Å². The van der Waals surface area contributed by atoms with Crippen molar-refractivity contribution >= 4 is 5.91 Å². The van der Waals surface area contributed by atoms with E-state index in [0.717, 1.165) is 22.3 Å². The molecule has 0 bridgehead atoms. The first-order valence-electron chi connectivity index (χ1n) is 10.2. The molecule has 1 amide bonds.